The summed E-state index contributed by atoms with van der Waals surface area (Å²) in [6.45, 7) is 0. The summed E-state index contributed by atoms with van der Waals surface area (Å²) in [6, 6.07) is 5.23. The van der Waals surface area contributed by atoms with E-state index in [9.17, 15) is 8.42 Å². The first kappa shape index (κ1) is 15.5. The summed E-state index contributed by atoms with van der Waals surface area (Å²) >= 11 is 1.88. The van der Waals surface area contributed by atoms with E-state index in [-0.39, 0.29) is 10.6 Å². The highest BCUT2D eigenvalue weighted by Crippen LogP contribution is 2.30. The van der Waals surface area contributed by atoms with Crippen LogP contribution in [0.4, 0.5) is 11.4 Å². The number of nitrogens with two attached hydrogens (primary N) is 2. The molecule has 112 valence electrons. The molecule has 0 saturated heterocycles. The summed E-state index contributed by atoms with van der Waals surface area (Å²) in [5.74, 6) is 0. The zero-order chi connectivity index (χ0) is 14.8. The van der Waals surface area contributed by atoms with Gasteiger partial charge in [-0.3, -0.25) is 0 Å². The van der Waals surface area contributed by atoms with Crippen molar-refractivity contribution in [2.75, 3.05) is 17.3 Å². The molecule has 1 aliphatic rings. The topological polar surface area (TPSA) is 98.2 Å². The molecule has 1 fully saturated rings. The molecule has 2 atom stereocenters. The Morgan fingerprint density at radius 1 is 1.30 bits per heavy atom. The van der Waals surface area contributed by atoms with Crippen LogP contribution in [-0.2, 0) is 10.0 Å². The fourth-order valence-corrected chi connectivity index (χ4v) is 4.24. The molecule has 1 aliphatic carbocycles. The van der Waals surface area contributed by atoms with Crippen molar-refractivity contribution < 1.29 is 8.42 Å². The number of rotatable bonds is 4. The van der Waals surface area contributed by atoms with Crippen molar-refractivity contribution in [3.63, 3.8) is 0 Å². The Bertz CT molecular complexity index is 575. The molecular formula is C13H21N3O2S2. The van der Waals surface area contributed by atoms with Crippen LogP contribution >= 0.6 is 11.8 Å². The molecule has 0 spiro atoms. The Labute approximate surface area is 124 Å². The first-order valence-corrected chi connectivity index (χ1v) is 9.47. The third-order valence-corrected chi connectivity index (χ3v) is 5.83. The fourth-order valence-electron chi connectivity index (χ4n) is 2.66. The van der Waals surface area contributed by atoms with Crippen LogP contribution in [0.3, 0.4) is 0 Å². The van der Waals surface area contributed by atoms with Crippen LogP contribution in [0.2, 0.25) is 0 Å². The maximum atomic E-state index is 11.3. The van der Waals surface area contributed by atoms with Gasteiger partial charge in [0.15, 0.2) is 0 Å². The summed E-state index contributed by atoms with van der Waals surface area (Å²) in [5, 5.41) is 9.15. The van der Waals surface area contributed by atoms with Crippen molar-refractivity contribution >= 4 is 33.2 Å². The van der Waals surface area contributed by atoms with Crippen LogP contribution in [0.1, 0.15) is 25.7 Å². The van der Waals surface area contributed by atoms with Gasteiger partial charge in [0.2, 0.25) is 10.0 Å². The SMILES string of the molecule is CSC1CCCCC1Nc1ccc(S(N)(=O)=O)c(N)c1. The van der Waals surface area contributed by atoms with E-state index >= 15 is 0 Å². The Kier molecular flexibility index (Phi) is 4.82. The first-order valence-electron chi connectivity index (χ1n) is 6.63. The molecule has 0 heterocycles. The molecule has 1 saturated carbocycles. The average Bonchev–Trinajstić information content (AvgIpc) is 2.38. The summed E-state index contributed by atoms with van der Waals surface area (Å²) in [4.78, 5) is -0.0203. The van der Waals surface area contributed by atoms with Crippen LogP contribution in [0, 0.1) is 0 Å². The molecule has 1 aromatic rings. The number of sulfonamides is 1. The average molecular weight is 315 g/mol. The quantitative estimate of drug-likeness (QED) is 0.738. The van der Waals surface area contributed by atoms with Gasteiger partial charge in [-0.15, -0.1) is 0 Å². The highest BCUT2D eigenvalue weighted by molar-refractivity contribution is 7.99. The van der Waals surface area contributed by atoms with Gasteiger partial charge in [0.05, 0.1) is 5.69 Å². The highest BCUT2D eigenvalue weighted by Gasteiger charge is 2.24. The van der Waals surface area contributed by atoms with Gasteiger partial charge < -0.3 is 11.1 Å². The van der Waals surface area contributed by atoms with Crippen molar-refractivity contribution in [3.8, 4) is 0 Å². The molecule has 0 amide bonds. The summed E-state index contributed by atoms with van der Waals surface area (Å²) in [7, 11) is -3.76. The van der Waals surface area contributed by atoms with Crippen LogP contribution in [-0.4, -0.2) is 26.0 Å². The Hall–Kier alpha value is -0.920. The normalized spacial score (nSPS) is 23.5. The van der Waals surface area contributed by atoms with Gasteiger partial charge in [0.25, 0.3) is 0 Å². The van der Waals surface area contributed by atoms with Gasteiger partial charge in [-0.1, -0.05) is 12.8 Å². The molecule has 1 aromatic carbocycles. The maximum absolute atomic E-state index is 11.3. The third-order valence-electron chi connectivity index (χ3n) is 3.67. The molecule has 7 heteroatoms. The summed E-state index contributed by atoms with van der Waals surface area (Å²) in [5.41, 5.74) is 6.81. The van der Waals surface area contributed by atoms with E-state index in [1.165, 1.54) is 25.3 Å². The number of thioether (sulfide) groups is 1. The monoisotopic (exact) mass is 315 g/mol. The Morgan fingerprint density at radius 2 is 2.00 bits per heavy atom. The molecule has 0 bridgehead atoms. The van der Waals surface area contributed by atoms with Crippen LogP contribution < -0.4 is 16.2 Å². The van der Waals surface area contributed by atoms with Crippen molar-refractivity contribution in [3.05, 3.63) is 18.2 Å². The number of benzene rings is 1. The molecule has 2 rings (SSSR count). The van der Waals surface area contributed by atoms with E-state index in [4.69, 9.17) is 10.9 Å². The third kappa shape index (κ3) is 3.59. The number of primary sulfonamides is 1. The van der Waals surface area contributed by atoms with E-state index in [1.54, 1.807) is 12.1 Å². The second-order valence-electron chi connectivity index (χ2n) is 5.11. The minimum atomic E-state index is -3.76. The molecule has 0 aromatic heterocycles. The number of nitrogen functional groups attached to an aromatic ring is 1. The molecule has 2 unspecified atom stereocenters. The van der Waals surface area contributed by atoms with Gasteiger partial charge >= 0.3 is 0 Å². The van der Waals surface area contributed by atoms with E-state index < -0.39 is 10.0 Å². The second kappa shape index (κ2) is 6.24. The molecule has 5 nitrogen and oxygen atoms in total. The number of hydrogen-bond donors (Lipinski definition) is 3. The lowest BCUT2D eigenvalue weighted by Gasteiger charge is -2.31. The molecular weight excluding hydrogens is 294 g/mol. The number of hydrogen-bond acceptors (Lipinski definition) is 5. The van der Waals surface area contributed by atoms with Crippen molar-refractivity contribution in [2.45, 2.75) is 41.9 Å². The largest absolute Gasteiger partial charge is 0.398 e. The molecule has 0 aliphatic heterocycles. The number of nitrogens with one attached hydrogen (secondary N) is 1. The predicted octanol–water partition coefficient (Wildman–Crippen LogP) is 2.00. The molecule has 20 heavy (non-hydrogen) atoms. The predicted molar refractivity (Wildman–Crippen MR) is 85.4 cm³/mol. The van der Waals surface area contributed by atoms with Crippen molar-refractivity contribution in [1.29, 1.82) is 0 Å². The molecule has 5 N–H and O–H groups in total. The van der Waals surface area contributed by atoms with Gasteiger partial charge in [0, 0.05) is 17.0 Å². The second-order valence-corrected chi connectivity index (χ2v) is 7.71. The number of anilines is 2. The van der Waals surface area contributed by atoms with E-state index in [1.807, 2.05) is 11.8 Å². The fraction of sp³-hybridized carbons (Fsp3) is 0.538. The minimum Gasteiger partial charge on any atom is -0.398 e. The zero-order valence-corrected chi connectivity index (χ0v) is 13.1. The van der Waals surface area contributed by atoms with Gasteiger partial charge in [-0.05, 0) is 37.3 Å². The van der Waals surface area contributed by atoms with E-state index in [2.05, 4.69) is 11.6 Å². The van der Waals surface area contributed by atoms with Crippen LogP contribution in [0.15, 0.2) is 23.1 Å². The Balaban J connectivity index is 2.16. The van der Waals surface area contributed by atoms with Crippen LogP contribution in [0.25, 0.3) is 0 Å². The summed E-state index contributed by atoms with van der Waals surface area (Å²) < 4.78 is 22.7. The van der Waals surface area contributed by atoms with E-state index in [0.717, 1.165) is 12.1 Å². The highest BCUT2D eigenvalue weighted by atomic mass is 32.2. The van der Waals surface area contributed by atoms with E-state index in [0.29, 0.717) is 11.3 Å². The lowest BCUT2D eigenvalue weighted by molar-refractivity contribution is 0.475. The summed E-state index contributed by atoms with van der Waals surface area (Å²) in [6.07, 6.45) is 6.96. The van der Waals surface area contributed by atoms with Gasteiger partial charge in [0.1, 0.15) is 4.90 Å². The standard InChI is InChI=1S/C13H21N3O2S2/c1-19-12-5-3-2-4-11(12)16-9-6-7-13(10(14)8-9)20(15,17)18/h6-8,11-12,16H,2-5,14H2,1H3,(H2,15,17,18). The lowest BCUT2D eigenvalue weighted by atomic mass is 9.94. The van der Waals surface area contributed by atoms with Crippen LogP contribution in [0.5, 0.6) is 0 Å². The van der Waals surface area contributed by atoms with Gasteiger partial charge in [-0.25, -0.2) is 13.6 Å². The lowest BCUT2D eigenvalue weighted by Crippen LogP contribution is -2.34. The maximum Gasteiger partial charge on any atom is 0.240 e. The minimum absolute atomic E-state index is 0.0203. The Morgan fingerprint density at radius 3 is 2.60 bits per heavy atom. The van der Waals surface area contributed by atoms with Crippen molar-refractivity contribution in [1.82, 2.24) is 0 Å². The first-order chi connectivity index (χ1) is 9.41. The zero-order valence-electron chi connectivity index (χ0n) is 11.5. The van der Waals surface area contributed by atoms with Gasteiger partial charge in [-0.2, -0.15) is 11.8 Å². The smallest absolute Gasteiger partial charge is 0.240 e. The van der Waals surface area contributed by atoms with Crippen molar-refractivity contribution in [2.24, 2.45) is 5.14 Å². The molecule has 0 radical (unpaired) electrons.